The predicted octanol–water partition coefficient (Wildman–Crippen LogP) is 3.76. The molecule has 0 atom stereocenters. The standard InChI is InChI=1S/C20H18F3N5O3/c1-13(2)31-17-10-14(9-16(26-17)20(21,22)23)19-25-12-28(27-19)8-6-18(29)30-11-15-5-3-4-7-24-15/h3-10,12-13H,11H2,1-2H3. The Morgan fingerprint density at radius 1 is 1.23 bits per heavy atom. The number of carbonyl (C=O) groups is 1. The van der Waals surface area contributed by atoms with Gasteiger partial charge in [0.1, 0.15) is 18.6 Å². The van der Waals surface area contributed by atoms with Gasteiger partial charge in [0.25, 0.3) is 0 Å². The molecule has 0 amide bonds. The second kappa shape index (κ2) is 9.37. The van der Waals surface area contributed by atoms with Crippen LogP contribution in [0.3, 0.4) is 0 Å². The monoisotopic (exact) mass is 433 g/mol. The molecule has 31 heavy (non-hydrogen) atoms. The average Bonchev–Trinajstić information content (AvgIpc) is 3.19. The van der Waals surface area contributed by atoms with Crippen LogP contribution in [0.15, 0.2) is 48.9 Å². The van der Waals surface area contributed by atoms with E-state index in [1.54, 1.807) is 38.2 Å². The van der Waals surface area contributed by atoms with Crippen molar-refractivity contribution in [3.8, 4) is 17.3 Å². The van der Waals surface area contributed by atoms with Gasteiger partial charge in [-0.05, 0) is 32.0 Å². The van der Waals surface area contributed by atoms with E-state index in [0.717, 1.165) is 12.1 Å². The predicted molar refractivity (Wildman–Crippen MR) is 103 cm³/mol. The van der Waals surface area contributed by atoms with Crippen molar-refractivity contribution in [2.24, 2.45) is 0 Å². The first-order valence-corrected chi connectivity index (χ1v) is 9.13. The minimum atomic E-state index is -4.66. The van der Waals surface area contributed by atoms with Gasteiger partial charge in [0.05, 0.1) is 11.8 Å². The molecule has 11 heteroatoms. The van der Waals surface area contributed by atoms with Crippen LogP contribution in [-0.2, 0) is 22.3 Å². The molecule has 3 heterocycles. The van der Waals surface area contributed by atoms with Crippen molar-refractivity contribution in [1.82, 2.24) is 24.7 Å². The first kappa shape index (κ1) is 21.9. The SMILES string of the molecule is CC(C)Oc1cc(-c2ncn(C=CC(=O)OCc3ccccn3)n2)cc(C(F)(F)F)n1. The van der Waals surface area contributed by atoms with Gasteiger partial charge in [-0.15, -0.1) is 5.10 Å². The van der Waals surface area contributed by atoms with Crippen LogP contribution in [0.25, 0.3) is 17.6 Å². The van der Waals surface area contributed by atoms with Gasteiger partial charge >= 0.3 is 12.1 Å². The molecular weight excluding hydrogens is 415 g/mol. The fraction of sp³-hybridized carbons (Fsp3) is 0.250. The normalized spacial score (nSPS) is 11.8. The molecule has 0 N–H and O–H groups in total. The largest absolute Gasteiger partial charge is 0.475 e. The average molecular weight is 433 g/mol. The van der Waals surface area contributed by atoms with Gasteiger partial charge in [0.15, 0.2) is 5.82 Å². The summed E-state index contributed by atoms with van der Waals surface area (Å²) in [6.07, 6.45) is 0.183. The number of nitrogens with zero attached hydrogens (tertiary/aromatic N) is 5. The number of alkyl halides is 3. The fourth-order valence-corrected chi connectivity index (χ4v) is 2.37. The molecule has 0 aromatic carbocycles. The number of hydrogen-bond donors (Lipinski definition) is 0. The number of rotatable bonds is 7. The van der Waals surface area contributed by atoms with Crippen molar-refractivity contribution < 1.29 is 27.4 Å². The second-order valence-electron chi connectivity index (χ2n) is 6.54. The van der Waals surface area contributed by atoms with Crippen LogP contribution in [0.5, 0.6) is 5.88 Å². The summed E-state index contributed by atoms with van der Waals surface area (Å²) in [6, 6.07) is 7.37. The van der Waals surface area contributed by atoms with Gasteiger partial charge in [0, 0.05) is 30.1 Å². The van der Waals surface area contributed by atoms with E-state index < -0.39 is 17.8 Å². The molecule has 3 rings (SSSR count). The summed E-state index contributed by atoms with van der Waals surface area (Å²) in [4.78, 5) is 23.3. The van der Waals surface area contributed by atoms with E-state index in [9.17, 15) is 18.0 Å². The van der Waals surface area contributed by atoms with Crippen molar-refractivity contribution in [2.45, 2.75) is 32.7 Å². The van der Waals surface area contributed by atoms with Crippen molar-refractivity contribution in [3.63, 3.8) is 0 Å². The van der Waals surface area contributed by atoms with Crippen molar-refractivity contribution >= 4 is 12.2 Å². The molecule has 0 spiro atoms. The maximum Gasteiger partial charge on any atom is 0.433 e. The summed E-state index contributed by atoms with van der Waals surface area (Å²) in [5.74, 6) is -0.823. The van der Waals surface area contributed by atoms with Gasteiger partial charge < -0.3 is 9.47 Å². The first-order chi connectivity index (χ1) is 14.7. The Balaban J connectivity index is 1.73. The highest BCUT2D eigenvalue weighted by Crippen LogP contribution is 2.32. The van der Waals surface area contributed by atoms with Crippen molar-refractivity contribution in [1.29, 1.82) is 0 Å². The third-order valence-electron chi connectivity index (χ3n) is 3.67. The van der Waals surface area contributed by atoms with Gasteiger partial charge in [-0.1, -0.05) is 6.07 Å². The summed E-state index contributed by atoms with van der Waals surface area (Å²) >= 11 is 0. The molecule has 3 aromatic rings. The van der Waals surface area contributed by atoms with E-state index in [2.05, 4.69) is 20.1 Å². The molecule has 0 aliphatic carbocycles. The number of hydrogen-bond acceptors (Lipinski definition) is 7. The van der Waals surface area contributed by atoms with Crippen LogP contribution in [0.4, 0.5) is 13.2 Å². The Kier molecular flexibility index (Phi) is 6.63. The van der Waals surface area contributed by atoms with Gasteiger partial charge in [-0.25, -0.2) is 19.4 Å². The number of esters is 1. The van der Waals surface area contributed by atoms with Crippen LogP contribution in [0.1, 0.15) is 25.2 Å². The van der Waals surface area contributed by atoms with Crippen LogP contribution in [0, 0.1) is 0 Å². The number of halogens is 3. The summed E-state index contributed by atoms with van der Waals surface area (Å²) in [7, 11) is 0. The second-order valence-corrected chi connectivity index (χ2v) is 6.54. The summed E-state index contributed by atoms with van der Waals surface area (Å²) in [6.45, 7) is 3.35. The zero-order chi connectivity index (χ0) is 22.4. The Bertz CT molecular complexity index is 1070. The molecule has 0 saturated heterocycles. The van der Waals surface area contributed by atoms with Crippen LogP contribution in [0.2, 0.25) is 0 Å². The minimum absolute atomic E-state index is 0.00246. The van der Waals surface area contributed by atoms with Crippen LogP contribution >= 0.6 is 0 Å². The summed E-state index contributed by atoms with van der Waals surface area (Å²) in [5, 5.41) is 4.06. The molecular formula is C20H18F3N5O3. The first-order valence-electron chi connectivity index (χ1n) is 9.13. The summed E-state index contributed by atoms with van der Waals surface area (Å²) in [5.41, 5.74) is -0.460. The zero-order valence-electron chi connectivity index (χ0n) is 16.6. The molecule has 0 aliphatic rings. The Morgan fingerprint density at radius 2 is 2.03 bits per heavy atom. The molecule has 0 aliphatic heterocycles. The molecule has 3 aromatic heterocycles. The molecule has 0 radical (unpaired) electrons. The van der Waals surface area contributed by atoms with Crippen molar-refractivity contribution in [2.75, 3.05) is 0 Å². The number of aromatic nitrogens is 5. The van der Waals surface area contributed by atoms with E-state index >= 15 is 0 Å². The molecule has 8 nitrogen and oxygen atoms in total. The van der Waals surface area contributed by atoms with E-state index in [4.69, 9.17) is 9.47 Å². The third kappa shape index (κ3) is 6.36. The Morgan fingerprint density at radius 3 is 2.71 bits per heavy atom. The van der Waals surface area contributed by atoms with Gasteiger partial charge in [0.2, 0.25) is 5.88 Å². The molecule has 162 valence electrons. The Labute approximate surface area is 175 Å². The number of ether oxygens (including phenoxy) is 2. The van der Waals surface area contributed by atoms with E-state index in [1.807, 2.05) is 0 Å². The Hall–Kier alpha value is -3.76. The highest BCUT2D eigenvalue weighted by molar-refractivity contribution is 5.84. The maximum atomic E-state index is 13.2. The molecule has 0 saturated carbocycles. The number of pyridine rings is 2. The van der Waals surface area contributed by atoms with Gasteiger partial charge in [-0.2, -0.15) is 13.2 Å². The lowest BCUT2D eigenvalue weighted by Gasteiger charge is -2.12. The maximum absolute atomic E-state index is 13.2. The fourth-order valence-electron chi connectivity index (χ4n) is 2.37. The highest BCUT2D eigenvalue weighted by Gasteiger charge is 2.34. The lowest BCUT2D eigenvalue weighted by molar-refractivity contribution is -0.141. The van der Waals surface area contributed by atoms with Crippen LogP contribution in [-0.4, -0.2) is 36.8 Å². The lowest BCUT2D eigenvalue weighted by Crippen LogP contribution is -2.12. The van der Waals surface area contributed by atoms with Crippen LogP contribution < -0.4 is 4.74 Å². The van der Waals surface area contributed by atoms with E-state index in [-0.39, 0.29) is 30.0 Å². The quantitative estimate of drug-likeness (QED) is 0.414. The van der Waals surface area contributed by atoms with E-state index in [1.165, 1.54) is 23.3 Å². The minimum Gasteiger partial charge on any atom is -0.475 e. The topological polar surface area (TPSA) is 92.0 Å². The van der Waals surface area contributed by atoms with Crippen molar-refractivity contribution in [3.05, 3.63) is 60.3 Å². The lowest BCUT2D eigenvalue weighted by atomic mass is 10.2. The molecule has 0 bridgehead atoms. The summed E-state index contributed by atoms with van der Waals surface area (Å²) < 4.78 is 51.1. The third-order valence-corrected chi connectivity index (χ3v) is 3.67. The van der Waals surface area contributed by atoms with Gasteiger partial charge in [-0.3, -0.25) is 4.98 Å². The number of carbonyl (C=O) groups excluding carboxylic acids is 1. The zero-order valence-corrected chi connectivity index (χ0v) is 16.6. The smallest absolute Gasteiger partial charge is 0.433 e. The van der Waals surface area contributed by atoms with E-state index in [0.29, 0.717) is 5.69 Å². The highest BCUT2D eigenvalue weighted by atomic mass is 19.4. The molecule has 0 unspecified atom stereocenters. The molecule has 0 fully saturated rings.